The molecular weight excluding hydrogens is 195 g/mol. The zero-order valence-electron chi connectivity index (χ0n) is 9.60. The molecule has 0 aromatic carbocycles. The van der Waals surface area contributed by atoms with E-state index in [1.165, 1.54) is 12.3 Å². The van der Waals surface area contributed by atoms with Crippen LogP contribution in [-0.4, -0.2) is 17.6 Å². The molecule has 0 bridgehead atoms. The molecule has 1 heterocycles. The zero-order valence-corrected chi connectivity index (χ0v) is 9.60. The van der Waals surface area contributed by atoms with Crippen molar-refractivity contribution < 1.29 is 9.13 Å². The molecule has 0 spiro atoms. The van der Waals surface area contributed by atoms with E-state index in [1.807, 2.05) is 20.8 Å². The fourth-order valence-corrected chi connectivity index (χ4v) is 1.17. The summed E-state index contributed by atoms with van der Waals surface area (Å²) in [5, 5.41) is 2.95. The topological polar surface area (TPSA) is 34.2 Å². The van der Waals surface area contributed by atoms with Gasteiger partial charge >= 0.3 is 0 Å². The smallest absolute Gasteiger partial charge is 0.218 e. The molecule has 0 fully saturated rings. The number of nitrogens with zero attached hydrogens (tertiary/aromatic N) is 1. The monoisotopic (exact) mass is 212 g/mol. The molecule has 15 heavy (non-hydrogen) atoms. The van der Waals surface area contributed by atoms with Crippen LogP contribution in [-0.2, 0) is 6.54 Å². The number of aromatic nitrogens is 1. The largest absolute Gasteiger partial charge is 0.472 e. The Hall–Kier alpha value is -1.16. The Labute approximate surface area is 89.7 Å². The van der Waals surface area contributed by atoms with Crippen molar-refractivity contribution >= 4 is 0 Å². The molecule has 0 aliphatic heterocycles. The molecule has 4 heteroatoms. The predicted octanol–water partition coefficient (Wildman–Crippen LogP) is 2.12. The summed E-state index contributed by atoms with van der Waals surface area (Å²) in [4.78, 5) is 3.94. The van der Waals surface area contributed by atoms with E-state index in [0.29, 0.717) is 12.4 Å². The van der Waals surface area contributed by atoms with E-state index in [9.17, 15) is 4.39 Å². The molecule has 1 rings (SSSR count). The molecule has 0 atom stereocenters. The highest BCUT2D eigenvalue weighted by Crippen LogP contribution is 2.20. The molecule has 1 aromatic heterocycles. The Kier molecular flexibility index (Phi) is 3.63. The minimum atomic E-state index is -0.346. The fourth-order valence-electron chi connectivity index (χ4n) is 1.17. The molecule has 0 aliphatic rings. The van der Waals surface area contributed by atoms with Crippen LogP contribution in [0, 0.1) is 5.82 Å². The standard InChI is InChI=1S/C11H17FN2O/c1-11(2,3)15-10-8(6-13-4)5-9(12)7-14-10/h5,7,13H,6H2,1-4H3. The van der Waals surface area contributed by atoms with Gasteiger partial charge < -0.3 is 10.1 Å². The summed E-state index contributed by atoms with van der Waals surface area (Å²) in [5.41, 5.74) is 0.403. The van der Waals surface area contributed by atoms with Crippen LogP contribution in [0.25, 0.3) is 0 Å². The Morgan fingerprint density at radius 3 is 2.67 bits per heavy atom. The quantitative estimate of drug-likeness (QED) is 0.833. The van der Waals surface area contributed by atoms with Gasteiger partial charge in [0.25, 0.3) is 0 Å². The van der Waals surface area contributed by atoms with E-state index in [-0.39, 0.29) is 11.4 Å². The second kappa shape index (κ2) is 4.57. The second-order valence-electron chi connectivity index (χ2n) is 4.36. The summed E-state index contributed by atoms with van der Waals surface area (Å²) in [6.45, 7) is 6.33. The van der Waals surface area contributed by atoms with Crippen molar-refractivity contribution in [2.24, 2.45) is 0 Å². The minimum Gasteiger partial charge on any atom is -0.472 e. The second-order valence-corrected chi connectivity index (χ2v) is 4.36. The molecule has 0 unspecified atom stereocenters. The maximum absolute atomic E-state index is 13.0. The Morgan fingerprint density at radius 2 is 2.13 bits per heavy atom. The molecular formula is C11H17FN2O. The predicted molar refractivity (Wildman–Crippen MR) is 57.3 cm³/mol. The van der Waals surface area contributed by atoms with Crippen LogP contribution in [0.2, 0.25) is 0 Å². The van der Waals surface area contributed by atoms with Gasteiger partial charge in [-0.2, -0.15) is 0 Å². The van der Waals surface area contributed by atoms with Crippen LogP contribution < -0.4 is 10.1 Å². The van der Waals surface area contributed by atoms with Crippen LogP contribution in [0.4, 0.5) is 4.39 Å². The maximum atomic E-state index is 13.0. The molecule has 0 saturated carbocycles. The lowest BCUT2D eigenvalue weighted by molar-refractivity contribution is 0.122. The van der Waals surface area contributed by atoms with Crippen molar-refractivity contribution in [2.45, 2.75) is 32.9 Å². The molecule has 84 valence electrons. The lowest BCUT2D eigenvalue weighted by atomic mass is 10.2. The van der Waals surface area contributed by atoms with Crippen LogP contribution in [0.1, 0.15) is 26.3 Å². The van der Waals surface area contributed by atoms with Crippen LogP contribution in [0.15, 0.2) is 12.3 Å². The summed E-state index contributed by atoms with van der Waals surface area (Å²) in [5.74, 6) is 0.139. The highest BCUT2D eigenvalue weighted by Gasteiger charge is 2.15. The molecule has 1 N–H and O–H groups in total. The van der Waals surface area contributed by atoms with Crippen LogP contribution in [0.3, 0.4) is 0 Å². The van der Waals surface area contributed by atoms with Gasteiger partial charge in [-0.25, -0.2) is 9.37 Å². The SMILES string of the molecule is CNCc1cc(F)cnc1OC(C)(C)C. The highest BCUT2D eigenvalue weighted by molar-refractivity contribution is 5.26. The first-order chi connectivity index (χ1) is 6.92. The van der Waals surface area contributed by atoms with Gasteiger partial charge in [0.15, 0.2) is 0 Å². The van der Waals surface area contributed by atoms with E-state index in [1.54, 1.807) is 7.05 Å². The molecule has 0 saturated heterocycles. The average molecular weight is 212 g/mol. The Balaban J connectivity index is 2.95. The van der Waals surface area contributed by atoms with E-state index < -0.39 is 0 Å². The summed E-state index contributed by atoms with van der Waals surface area (Å²) in [6.07, 6.45) is 1.17. The number of pyridine rings is 1. The lowest BCUT2D eigenvalue weighted by Gasteiger charge is -2.22. The van der Waals surface area contributed by atoms with Gasteiger partial charge in [-0.3, -0.25) is 0 Å². The first-order valence-corrected chi connectivity index (χ1v) is 4.90. The number of ether oxygens (including phenoxy) is 1. The van der Waals surface area contributed by atoms with Crippen LogP contribution in [0.5, 0.6) is 5.88 Å². The van der Waals surface area contributed by atoms with E-state index >= 15 is 0 Å². The molecule has 0 radical (unpaired) electrons. The maximum Gasteiger partial charge on any atom is 0.218 e. The summed E-state index contributed by atoms with van der Waals surface area (Å²) in [7, 11) is 1.80. The van der Waals surface area contributed by atoms with Gasteiger partial charge in [0.1, 0.15) is 11.4 Å². The third-order valence-corrected chi connectivity index (χ3v) is 1.66. The van der Waals surface area contributed by atoms with E-state index in [2.05, 4.69) is 10.3 Å². The lowest BCUT2D eigenvalue weighted by Crippen LogP contribution is -2.25. The number of halogens is 1. The van der Waals surface area contributed by atoms with Gasteiger partial charge in [0.2, 0.25) is 5.88 Å². The Morgan fingerprint density at radius 1 is 1.47 bits per heavy atom. The van der Waals surface area contributed by atoms with E-state index in [4.69, 9.17) is 4.74 Å². The third-order valence-electron chi connectivity index (χ3n) is 1.66. The summed E-state index contributed by atoms with van der Waals surface area (Å²) < 4.78 is 18.6. The molecule has 3 nitrogen and oxygen atoms in total. The third kappa shape index (κ3) is 3.83. The first-order valence-electron chi connectivity index (χ1n) is 4.90. The number of rotatable bonds is 3. The van der Waals surface area contributed by atoms with Crippen molar-refractivity contribution in [1.29, 1.82) is 0 Å². The normalized spacial score (nSPS) is 11.5. The number of hydrogen-bond donors (Lipinski definition) is 1. The minimum absolute atomic E-state index is 0.326. The summed E-state index contributed by atoms with van der Waals surface area (Å²) in [6, 6.07) is 1.44. The zero-order chi connectivity index (χ0) is 11.5. The van der Waals surface area contributed by atoms with Gasteiger partial charge in [0.05, 0.1) is 6.20 Å². The fraction of sp³-hybridized carbons (Fsp3) is 0.545. The Bertz CT molecular complexity index is 334. The van der Waals surface area contributed by atoms with Gasteiger partial charge in [0, 0.05) is 12.1 Å². The average Bonchev–Trinajstić information content (AvgIpc) is 2.08. The molecule has 0 aliphatic carbocycles. The molecule has 1 aromatic rings. The number of hydrogen-bond acceptors (Lipinski definition) is 3. The van der Waals surface area contributed by atoms with E-state index in [0.717, 1.165) is 5.56 Å². The molecule has 0 amide bonds. The van der Waals surface area contributed by atoms with Crippen molar-refractivity contribution in [2.75, 3.05) is 7.05 Å². The number of nitrogens with one attached hydrogen (secondary N) is 1. The van der Waals surface area contributed by atoms with Crippen molar-refractivity contribution in [3.05, 3.63) is 23.6 Å². The first kappa shape index (κ1) is 11.9. The van der Waals surface area contributed by atoms with Crippen molar-refractivity contribution in [3.63, 3.8) is 0 Å². The van der Waals surface area contributed by atoms with Crippen molar-refractivity contribution in [3.8, 4) is 5.88 Å². The summed E-state index contributed by atoms with van der Waals surface area (Å²) >= 11 is 0. The van der Waals surface area contributed by atoms with Gasteiger partial charge in [-0.15, -0.1) is 0 Å². The van der Waals surface area contributed by atoms with Gasteiger partial charge in [-0.05, 0) is 33.9 Å². The van der Waals surface area contributed by atoms with Gasteiger partial charge in [-0.1, -0.05) is 0 Å². The highest BCUT2D eigenvalue weighted by atomic mass is 19.1. The van der Waals surface area contributed by atoms with Crippen LogP contribution >= 0.6 is 0 Å². The van der Waals surface area contributed by atoms with Crippen molar-refractivity contribution in [1.82, 2.24) is 10.3 Å².